The van der Waals surface area contributed by atoms with Crippen LogP contribution in [0.4, 0.5) is 5.69 Å². The van der Waals surface area contributed by atoms with Crippen molar-refractivity contribution in [3.05, 3.63) is 23.8 Å². The molecule has 0 aliphatic carbocycles. The van der Waals surface area contributed by atoms with E-state index in [2.05, 4.69) is 12.2 Å². The number of nitrogens with zero attached hydrogens (tertiary/aromatic N) is 1. The lowest BCUT2D eigenvalue weighted by Crippen LogP contribution is -2.24. The van der Waals surface area contributed by atoms with Gasteiger partial charge in [0, 0.05) is 12.1 Å². The number of benzene rings is 1. The Bertz CT molecular complexity index is 452. The molecule has 1 amide bonds. The van der Waals surface area contributed by atoms with E-state index in [0.717, 1.165) is 12.8 Å². The van der Waals surface area contributed by atoms with Crippen LogP contribution in [0.15, 0.2) is 18.2 Å². The maximum Gasteiger partial charge on any atom is 0.251 e. The highest BCUT2D eigenvalue weighted by Gasteiger charge is 2.08. The van der Waals surface area contributed by atoms with Crippen LogP contribution in [0.1, 0.15) is 30.1 Å². The van der Waals surface area contributed by atoms with Gasteiger partial charge in [-0.1, -0.05) is 13.3 Å². The lowest BCUT2D eigenvalue weighted by molar-refractivity contribution is 0.0953. The van der Waals surface area contributed by atoms with Crippen LogP contribution in [-0.2, 0) is 0 Å². The summed E-state index contributed by atoms with van der Waals surface area (Å²) < 4.78 is 5.14. The number of hydrogen-bond donors (Lipinski definition) is 2. The van der Waals surface area contributed by atoms with Crippen molar-refractivity contribution >= 4 is 11.6 Å². The second kappa shape index (κ2) is 7.17. The minimum atomic E-state index is -0.162. The van der Waals surface area contributed by atoms with Crippen LogP contribution in [-0.4, -0.2) is 19.1 Å². The first-order chi connectivity index (χ1) is 8.69. The van der Waals surface area contributed by atoms with Crippen molar-refractivity contribution < 1.29 is 9.53 Å². The summed E-state index contributed by atoms with van der Waals surface area (Å²) in [6.45, 7) is 2.61. The summed E-state index contributed by atoms with van der Waals surface area (Å²) in [4.78, 5) is 11.8. The van der Waals surface area contributed by atoms with Crippen LogP contribution in [0, 0.1) is 11.3 Å². The Kier molecular flexibility index (Phi) is 5.52. The van der Waals surface area contributed by atoms with Crippen molar-refractivity contribution in [2.45, 2.75) is 19.8 Å². The molecule has 18 heavy (non-hydrogen) atoms. The zero-order valence-corrected chi connectivity index (χ0v) is 10.4. The fourth-order valence-electron chi connectivity index (χ4n) is 1.39. The van der Waals surface area contributed by atoms with Gasteiger partial charge in [-0.05, 0) is 24.6 Å². The predicted molar refractivity (Wildman–Crippen MR) is 69.2 cm³/mol. The van der Waals surface area contributed by atoms with Gasteiger partial charge in [-0.25, -0.2) is 0 Å². The molecule has 0 saturated heterocycles. The fraction of sp³-hybridized carbons (Fsp3) is 0.385. The number of unbranched alkanes of at least 4 members (excludes halogenated alkanes) is 1. The molecule has 0 radical (unpaired) electrons. The van der Waals surface area contributed by atoms with Gasteiger partial charge in [0.25, 0.3) is 5.91 Å². The highest BCUT2D eigenvalue weighted by Crippen LogP contribution is 2.22. The van der Waals surface area contributed by atoms with Crippen molar-refractivity contribution in [1.29, 1.82) is 5.26 Å². The number of carbonyl (C=O) groups excluding carboxylic acids is 1. The van der Waals surface area contributed by atoms with Crippen molar-refractivity contribution in [3.63, 3.8) is 0 Å². The van der Waals surface area contributed by atoms with Gasteiger partial charge in [0.05, 0.1) is 5.69 Å². The first kappa shape index (κ1) is 13.8. The molecule has 0 aliphatic rings. The van der Waals surface area contributed by atoms with Crippen LogP contribution in [0.25, 0.3) is 0 Å². The number of amides is 1. The summed E-state index contributed by atoms with van der Waals surface area (Å²) >= 11 is 0. The summed E-state index contributed by atoms with van der Waals surface area (Å²) in [6.07, 6.45) is 1.97. The topological polar surface area (TPSA) is 88.1 Å². The average molecular weight is 247 g/mol. The van der Waals surface area contributed by atoms with Gasteiger partial charge >= 0.3 is 0 Å². The molecule has 0 heterocycles. The normalized spacial score (nSPS) is 9.56. The Morgan fingerprint density at radius 3 is 3.00 bits per heavy atom. The van der Waals surface area contributed by atoms with E-state index in [1.165, 1.54) is 0 Å². The second-order valence-corrected chi connectivity index (χ2v) is 3.81. The van der Waals surface area contributed by atoms with Crippen LogP contribution < -0.4 is 15.8 Å². The molecule has 1 aromatic carbocycles. The van der Waals surface area contributed by atoms with Crippen LogP contribution in [0.2, 0.25) is 0 Å². The summed E-state index contributed by atoms with van der Waals surface area (Å²) in [7, 11) is 0. The van der Waals surface area contributed by atoms with Crippen LogP contribution in [0.3, 0.4) is 0 Å². The molecule has 5 heteroatoms. The van der Waals surface area contributed by atoms with Crippen molar-refractivity contribution in [2.75, 3.05) is 18.9 Å². The minimum Gasteiger partial charge on any atom is -0.477 e. The number of ether oxygens (including phenoxy) is 1. The fourth-order valence-corrected chi connectivity index (χ4v) is 1.39. The van der Waals surface area contributed by atoms with Gasteiger partial charge in [0.15, 0.2) is 6.61 Å². The number of anilines is 1. The lowest BCUT2D eigenvalue weighted by Gasteiger charge is -2.09. The Balaban J connectivity index is 2.71. The molecular formula is C13H17N3O2. The molecule has 1 rings (SSSR count). The smallest absolute Gasteiger partial charge is 0.251 e. The van der Waals surface area contributed by atoms with Crippen molar-refractivity contribution in [2.24, 2.45) is 0 Å². The molecule has 1 aromatic rings. The Labute approximate surface area is 107 Å². The first-order valence-electron chi connectivity index (χ1n) is 5.86. The third-order valence-electron chi connectivity index (χ3n) is 2.38. The van der Waals surface area contributed by atoms with Gasteiger partial charge < -0.3 is 15.8 Å². The quantitative estimate of drug-likeness (QED) is 0.591. The molecular weight excluding hydrogens is 230 g/mol. The second-order valence-electron chi connectivity index (χ2n) is 3.81. The van der Waals surface area contributed by atoms with E-state index in [1.54, 1.807) is 18.2 Å². The maximum atomic E-state index is 11.8. The third-order valence-corrected chi connectivity index (χ3v) is 2.38. The van der Waals surface area contributed by atoms with Crippen molar-refractivity contribution in [1.82, 2.24) is 5.32 Å². The largest absolute Gasteiger partial charge is 0.477 e. The number of nitrogens with two attached hydrogens (primary N) is 1. The lowest BCUT2D eigenvalue weighted by atomic mass is 10.1. The molecule has 96 valence electrons. The van der Waals surface area contributed by atoms with Crippen LogP contribution >= 0.6 is 0 Å². The predicted octanol–water partition coefficient (Wildman–Crippen LogP) is 1.70. The molecule has 0 bridgehead atoms. The Morgan fingerprint density at radius 2 is 2.33 bits per heavy atom. The van der Waals surface area contributed by atoms with Crippen molar-refractivity contribution in [3.8, 4) is 11.8 Å². The number of hydrogen-bond acceptors (Lipinski definition) is 4. The minimum absolute atomic E-state index is 0.0922. The molecule has 5 nitrogen and oxygen atoms in total. The Hall–Kier alpha value is -2.22. The van der Waals surface area contributed by atoms with Gasteiger partial charge in [0.1, 0.15) is 11.8 Å². The van der Waals surface area contributed by atoms with E-state index in [-0.39, 0.29) is 12.5 Å². The molecule has 0 saturated carbocycles. The molecule has 0 fully saturated rings. The number of rotatable bonds is 6. The molecule has 0 aromatic heterocycles. The summed E-state index contributed by atoms with van der Waals surface area (Å²) in [5, 5.41) is 11.2. The monoisotopic (exact) mass is 247 g/mol. The van der Waals surface area contributed by atoms with Gasteiger partial charge in [-0.3, -0.25) is 4.79 Å². The first-order valence-corrected chi connectivity index (χ1v) is 5.86. The molecule has 0 spiro atoms. The van der Waals surface area contributed by atoms with E-state index in [9.17, 15) is 4.79 Å². The third kappa shape index (κ3) is 3.98. The summed E-state index contributed by atoms with van der Waals surface area (Å²) in [5.41, 5.74) is 6.58. The highest BCUT2D eigenvalue weighted by atomic mass is 16.5. The molecule has 0 atom stereocenters. The summed E-state index contributed by atoms with van der Waals surface area (Å²) in [6, 6.07) is 6.64. The molecule has 0 unspecified atom stereocenters. The standard InChI is InChI=1S/C13H17N3O2/c1-2-3-7-16-13(17)10-4-5-11(15)12(9-10)18-8-6-14/h4-5,9H,2-3,7-8,15H2,1H3,(H,16,17). The summed E-state index contributed by atoms with van der Waals surface area (Å²) in [5.74, 6) is 0.199. The van der Waals surface area contributed by atoms with E-state index >= 15 is 0 Å². The van der Waals surface area contributed by atoms with E-state index in [4.69, 9.17) is 15.7 Å². The Morgan fingerprint density at radius 1 is 1.56 bits per heavy atom. The van der Waals surface area contributed by atoms with Gasteiger partial charge in [-0.15, -0.1) is 0 Å². The maximum absolute atomic E-state index is 11.8. The number of carbonyl (C=O) groups is 1. The SMILES string of the molecule is CCCCNC(=O)c1ccc(N)c(OCC#N)c1. The highest BCUT2D eigenvalue weighted by molar-refractivity contribution is 5.95. The van der Waals surface area contributed by atoms with Gasteiger partial charge in [-0.2, -0.15) is 5.26 Å². The van der Waals surface area contributed by atoms with Gasteiger partial charge in [0.2, 0.25) is 0 Å². The number of nitriles is 1. The zero-order valence-electron chi connectivity index (χ0n) is 10.4. The van der Waals surface area contributed by atoms with E-state index in [1.807, 2.05) is 6.07 Å². The molecule has 0 aliphatic heterocycles. The van der Waals surface area contributed by atoms with Crippen LogP contribution in [0.5, 0.6) is 5.75 Å². The number of nitrogen functional groups attached to an aromatic ring is 1. The van der Waals surface area contributed by atoms with E-state index < -0.39 is 0 Å². The molecule has 3 N–H and O–H groups in total. The zero-order chi connectivity index (χ0) is 13.4. The average Bonchev–Trinajstić information content (AvgIpc) is 2.38. The van der Waals surface area contributed by atoms with E-state index in [0.29, 0.717) is 23.5 Å². The number of nitrogens with one attached hydrogen (secondary N) is 1.